The Bertz CT molecular complexity index is 1080. The highest BCUT2D eigenvalue weighted by Gasteiger charge is 2.27. The summed E-state index contributed by atoms with van der Waals surface area (Å²) < 4.78 is 20.8. The van der Waals surface area contributed by atoms with E-state index < -0.39 is 29.5 Å². The summed E-state index contributed by atoms with van der Waals surface area (Å²) >= 11 is 0. The number of likely N-dealkylation sites (N-methyl/N-ethyl adjacent to an activating group) is 1. The van der Waals surface area contributed by atoms with E-state index in [2.05, 4.69) is 0 Å². The molecule has 1 amide bonds. The summed E-state index contributed by atoms with van der Waals surface area (Å²) in [6.07, 6.45) is 2.84. The maximum absolute atomic E-state index is 13.8. The van der Waals surface area contributed by atoms with Gasteiger partial charge in [-0.2, -0.15) is 5.26 Å². The lowest BCUT2D eigenvalue weighted by Gasteiger charge is -2.18. The van der Waals surface area contributed by atoms with Gasteiger partial charge in [0.15, 0.2) is 11.6 Å². The molecule has 3 rings (SSSR count). The highest BCUT2D eigenvalue weighted by molar-refractivity contribution is 5.75. The lowest BCUT2D eigenvalue weighted by atomic mass is 10.2. The number of halogens is 1. The zero-order valence-corrected chi connectivity index (χ0v) is 15.5. The number of benzene rings is 1. The quantitative estimate of drug-likeness (QED) is 0.738. The molecule has 28 heavy (non-hydrogen) atoms. The Labute approximate surface area is 160 Å². The molecule has 146 valence electrons. The van der Waals surface area contributed by atoms with Crippen LogP contribution in [0.15, 0.2) is 34.0 Å². The Hall–Kier alpha value is -3.41. The minimum atomic E-state index is -0.790. The standard InChI is InChI=1S/C19H19FN4O4/c1-22(9-12-3-6-16(28-2)15(20)7-12)17(25)11-24-18(26)13(8-21)10-23(19(24)27)14-4-5-14/h3,6-7,10,14H,4-5,9,11H2,1-2H3. The molecule has 0 radical (unpaired) electrons. The highest BCUT2D eigenvalue weighted by Crippen LogP contribution is 2.33. The largest absolute Gasteiger partial charge is 0.494 e. The fourth-order valence-electron chi connectivity index (χ4n) is 2.88. The van der Waals surface area contributed by atoms with Crippen LogP contribution in [0.3, 0.4) is 0 Å². The number of carbonyl (C=O) groups is 1. The Morgan fingerprint density at radius 3 is 2.68 bits per heavy atom. The smallest absolute Gasteiger partial charge is 0.331 e. The summed E-state index contributed by atoms with van der Waals surface area (Å²) in [6.45, 7) is -0.404. The molecular formula is C19H19FN4O4. The molecule has 9 heteroatoms. The fraction of sp³-hybridized carbons (Fsp3) is 0.368. The molecular weight excluding hydrogens is 367 g/mol. The predicted octanol–water partition coefficient (Wildman–Crippen LogP) is 1.02. The second-order valence-corrected chi connectivity index (χ2v) is 6.69. The summed E-state index contributed by atoms with van der Waals surface area (Å²) in [5, 5.41) is 9.15. The monoisotopic (exact) mass is 386 g/mol. The number of ether oxygens (including phenoxy) is 1. The zero-order chi connectivity index (χ0) is 20.4. The van der Waals surface area contributed by atoms with Crippen molar-refractivity contribution in [2.75, 3.05) is 14.2 Å². The summed E-state index contributed by atoms with van der Waals surface area (Å²) in [4.78, 5) is 38.7. The molecule has 0 saturated heterocycles. The van der Waals surface area contributed by atoms with E-state index in [1.54, 1.807) is 12.1 Å². The van der Waals surface area contributed by atoms with E-state index in [-0.39, 0.29) is 23.9 Å². The maximum atomic E-state index is 13.8. The average molecular weight is 386 g/mol. The van der Waals surface area contributed by atoms with Crippen LogP contribution in [0.25, 0.3) is 0 Å². The van der Waals surface area contributed by atoms with Crippen LogP contribution in [-0.2, 0) is 17.9 Å². The molecule has 0 unspecified atom stereocenters. The fourth-order valence-corrected chi connectivity index (χ4v) is 2.88. The molecule has 1 aromatic carbocycles. The van der Waals surface area contributed by atoms with Gasteiger partial charge in [0.1, 0.15) is 18.2 Å². The van der Waals surface area contributed by atoms with Crippen LogP contribution in [0.5, 0.6) is 5.75 Å². The lowest BCUT2D eigenvalue weighted by molar-refractivity contribution is -0.131. The molecule has 0 aliphatic heterocycles. The van der Waals surface area contributed by atoms with Crippen LogP contribution in [-0.4, -0.2) is 34.1 Å². The van der Waals surface area contributed by atoms with E-state index in [0.717, 1.165) is 17.4 Å². The number of carbonyl (C=O) groups excluding carboxylic acids is 1. The minimum Gasteiger partial charge on any atom is -0.494 e. The summed E-state index contributed by atoms with van der Waals surface area (Å²) in [6, 6.07) is 6.06. The molecule has 0 bridgehead atoms. The van der Waals surface area contributed by atoms with Gasteiger partial charge in [0.05, 0.1) is 7.11 Å². The lowest BCUT2D eigenvalue weighted by Crippen LogP contribution is -2.44. The first kappa shape index (κ1) is 19.4. The molecule has 1 heterocycles. The van der Waals surface area contributed by atoms with Crippen molar-refractivity contribution in [2.24, 2.45) is 0 Å². The first-order valence-electron chi connectivity index (χ1n) is 8.68. The van der Waals surface area contributed by atoms with Crippen molar-refractivity contribution in [1.29, 1.82) is 5.26 Å². The normalized spacial score (nSPS) is 13.1. The number of nitrogens with zero attached hydrogens (tertiary/aromatic N) is 4. The third-order valence-corrected chi connectivity index (χ3v) is 4.61. The highest BCUT2D eigenvalue weighted by atomic mass is 19.1. The maximum Gasteiger partial charge on any atom is 0.331 e. The molecule has 0 N–H and O–H groups in total. The van der Waals surface area contributed by atoms with Crippen LogP contribution in [0.1, 0.15) is 30.0 Å². The van der Waals surface area contributed by atoms with Crippen molar-refractivity contribution in [3.8, 4) is 11.8 Å². The third kappa shape index (κ3) is 3.81. The SMILES string of the molecule is COc1ccc(CN(C)C(=O)Cn2c(=O)c(C#N)cn(C3CC3)c2=O)cc1F. The molecule has 0 spiro atoms. The van der Waals surface area contributed by atoms with Gasteiger partial charge in [-0.15, -0.1) is 0 Å². The van der Waals surface area contributed by atoms with Crippen LogP contribution in [0, 0.1) is 17.1 Å². The van der Waals surface area contributed by atoms with Crippen molar-refractivity contribution in [1.82, 2.24) is 14.0 Å². The Balaban J connectivity index is 1.82. The van der Waals surface area contributed by atoms with Crippen LogP contribution in [0.4, 0.5) is 4.39 Å². The molecule has 8 nitrogen and oxygen atoms in total. The van der Waals surface area contributed by atoms with Gasteiger partial charge in [0.2, 0.25) is 5.91 Å². The topological polar surface area (TPSA) is 97.3 Å². The summed E-state index contributed by atoms with van der Waals surface area (Å²) in [5.74, 6) is -0.961. The molecule has 1 aliphatic rings. The molecule has 2 aromatic rings. The molecule has 0 atom stereocenters. The third-order valence-electron chi connectivity index (χ3n) is 4.61. The number of hydrogen-bond acceptors (Lipinski definition) is 5. The number of aromatic nitrogens is 2. The number of amides is 1. The van der Waals surface area contributed by atoms with Crippen LogP contribution < -0.4 is 16.0 Å². The van der Waals surface area contributed by atoms with Crippen molar-refractivity contribution in [3.63, 3.8) is 0 Å². The van der Waals surface area contributed by atoms with E-state index in [4.69, 9.17) is 10.00 Å². The van der Waals surface area contributed by atoms with E-state index in [1.807, 2.05) is 0 Å². The first-order valence-corrected chi connectivity index (χ1v) is 8.68. The van der Waals surface area contributed by atoms with E-state index >= 15 is 0 Å². The second kappa shape index (κ2) is 7.68. The first-order chi connectivity index (χ1) is 13.3. The average Bonchev–Trinajstić information content (AvgIpc) is 3.50. The second-order valence-electron chi connectivity index (χ2n) is 6.69. The molecule has 1 aromatic heterocycles. The number of nitriles is 1. The van der Waals surface area contributed by atoms with Gasteiger partial charge in [-0.3, -0.25) is 14.2 Å². The van der Waals surface area contributed by atoms with Gasteiger partial charge >= 0.3 is 5.69 Å². The van der Waals surface area contributed by atoms with Crippen LogP contribution in [0.2, 0.25) is 0 Å². The summed E-state index contributed by atoms with van der Waals surface area (Å²) in [7, 11) is 2.85. The minimum absolute atomic E-state index is 0.0402. The van der Waals surface area contributed by atoms with Gasteiger partial charge in [0.25, 0.3) is 5.56 Å². The number of rotatable bonds is 6. The zero-order valence-electron chi connectivity index (χ0n) is 15.5. The van der Waals surface area contributed by atoms with Gasteiger partial charge in [-0.25, -0.2) is 13.8 Å². The van der Waals surface area contributed by atoms with Crippen molar-refractivity contribution in [2.45, 2.75) is 32.0 Å². The predicted molar refractivity (Wildman–Crippen MR) is 97.4 cm³/mol. The van der Waals surface area contributed by atoms with E-state index in [1.165, 1.54) is 42.0 Å². The van der Waals surface area contributed by atoms with Gasteiger partial charge in [-0.1, -0.05) is 6.07 Å². The van der Waals surface area contributed by atoms with Crippen molar-refractivity contribution in [3.05, 3.63) is 62.2 Å². The van der Waals surface area contributed by atoms with Crippen LogP contribution >= 0.6 is 0 Å². The Morgan fingerprint density at radius 2 is 2.11 bits per heavy atom. The van der Waals surface area contributed by atoms with E-state index in [9.17, 15) is 18.8 Å². The van der Waals surface area contributed by atoms with E-state index in [0.29, 0.717) is 5.56 Å². The van der Waals surface area contributed by atoms with Gasteiger partial charge in [-0.05, 0) is 30.5 Å². The molecule has 1 fully saturated rings. The molecule has 1 aliphatic carbocycles. The molecule has 1 saturated carbocycles. The van der Waals surface area contributed by atoms with Gasteiger partial charge in [0, 0.05) is 25.8 Å². The van der Waals surface area contributed by atoms with Gasteiger partial charge < -0.3 is 9.64 Å². The number of hydrogen-bond donors (Lipinski definition) is 0. The number of methoxy groups -OCH3 is 1. The Kier molecular flexibility index (Phi) is 5.31. The Morgan fingerprint density at radius 1 is 1.39 bits per heavy atom. The van der Waals surface area contributed by atoms with Crippen molar-refractivity contribution < 1.29 is 13.9 Å². The van der Waals surface area contributed by atoms with Crippen molar-refractivity contribution >= 4 is 5.91 Å². The summed E-state index contributed by atoms with van der Waals surface area (Å²) in [5.41, 5.74) is -1.05.